The average Bonchev–Trinajstić information content (AvgIpc) is 3.07. The van der Waals surface area contributed by atoms with Gasteiger partial charge in [0, 0.05) is 30.1 Å². The largest absolute Gasteiger partial charge is 0.480 e. The number of alkyl halides is 6. The van der Waals surface area contributed by atoms with Crippen molar-refractivity contribution in [2.45, 2.75) is 63.5 Å². The monoisotopic (exact) mass is 700 g/mol. The smallest absolute Gasteiger partial charge is 0.403 e. The number of likely N-dealkylation sites (tertiary alicyclic amines) is 2. The summed E-state index contributed by atoms with van der Waals surface area (Å²) in [5.41, 5.74) is 0.174. The number of carboxylic acids is 1. The van der Waals surface area contributed by atoms with E-state index < -0.39 is 68.2 Å². The first kappa shape index (κ1) is 35.6. The van der Waals surface area contributed by atoms with E-state index in [1.54, 1.807) is 24.4 Å². The van der Waals surface area contributed by atoms with Crippen LogP contribution in [0.3, 0.4) is 0 Å². The van der Waals surface area contributed by atoms with Gasteiger partial charge in [-0.1, -0.05) is 61.0 Å². The number of aromatic nitrogens is 1. The maximum absolute atomic E-state index is 14.4. The van der Waals surface area contributed by atoms with Crippen LogP contribution in [0.2, 0.25) is 0 Å². The van der Waals surface area contributed by atoms with Crippen LogP contribution in [0.25, 0.3) is 32.8 Å². The Labute approximate surface area is 285 Å². The molecule has 0 saturated carbocycles. The van der Waals surface area contributed by atoms with Crippen LogP contribution in [-0.2, 0) is 22.6 Å². The fourth-order valence-corrected chi connectivity index (χ4v) is 7.46. The molecule has 2 aliphatic heterocycles. The number of halogens is 6. The summed E-state index contributed by atoms with van der Waals surface area (Å²) >= 11 is 0. The van der Waals surface area contributed by atoms with Gasteiger partial charge >= 0.3 is 18.3 Å². The number of aliphatic carboxylic acids is 1. The number of amides is 1. The minimum absolute atomic E-state index is 0.320. The predicted molar refractivity (Wildman–Crippen MR) is 177 cm³/mol. The van der Waals surface area contributed by atoms with Crippen LogP contribution in [0.1, 0.15) is 43.2 Å². The molecule has 4 aromatic rings. The lowest BCUT2D eigenvalue weighted by Gasteiger charge is -2.42. The first-order valence-corrected chi connectivity index (χ1v) is 16.8. The lowest BCUT2D eigenvalue weighted by atomic mass is 9.76. The van der Waals surface area contributed by atoms with Crippen molar-refractivity contribution in [3.8, 4) is 11.3 Å². The van der Waals surface area contributed by atoms with Crippen LogP contribution in [0.4, 0.5) is 26.3 Å². The van der Waals surface area contributed by atoms with Gasteiger partial charge in [0.1, 0.15) is 11.5 Å². The zero-order valence-electron chi connectivity index (χ0n) is 27.3. The number of nitrogens with zero attached hydrogens (tertiary/aromatic N) is 3. The highest BCUT2D eigenvalue weighted by atomic mass is 19.4. The van der Waals surface area contributed by atoms with Crippen LogP contribution in [0.15, 0.2) is 66.9 Å². The van der Waals surface area contributed by atoms with Crippen molar-refractivity contribution >= 4 is 33.4 Å². The van der Waals surface area contributed by atoms with E-state index in [2.05, 4.69) is 16.3 Å². The summed E-state index contributed by atoms with van der Waals surface area (Å²) in [4.78, 5) is 33.8. The summed E-state index contributed by atoms with van der Waals surface area (Å²) in [6.07, 6.45) is -6.60. The Kier molecular flexibility index (Phi) is 10.1. The molecule has 3 heterocycles. The molecule has 2 aliphatic rings. The molecule has 1 atom stereocenters. The average molecular weight is 701 g/mol. The highest BCUT2D eigenvalue weighted by molar-refractivity contribution is 6.06. The number of hydrogen-bond donors (Lipinski definition) is 2. The molecule has 13 heteroatoms. The van der Waals surface area contributed by atoms with Gasteiger partial charge in [-0.25, -0.2) is 4.79 Å². The Morgan fingerprint density at radius 3 is 2.16 bits per heavy atom. The molecule has 2 N–H and O–H groups in total. The molecule has 0 aliphatic carbocycles. The van der Waals surface area contributed by atoms with Gasteiger partial charge in [0.15, 0.2) is 0 Å². The van der Waals surface area contributed by atoms with Crippen molar-refractivity contribution in [2.24, 2.45) is 5.41 Å². The number of pyridine rings is 1. The second kappa shape index (κ2) is 14.2. The molecule has 50 heavy (non-hydrogen) atoms. The normalized spacial score (nSPS) is 18.3. The minimum atomic E-state index is -5.10. The van der Waals surface area contributed by atoms with Crippen molar-refractivity contribution in [1.82, 2.24) is 20.1 Å². The van der Waals surface area contributed by atoms with Gasteiger partial charge in [-0.2, -0.15) is 26.3 Å². The molecule has 2 saturated heterocycles. The number of carbonyl (C=O) groups is 2. The molecule has 0 bridgehead atoms. The first-order valence-electron chi connectivity index (χ1n) is 16.8. The Hall–Kier alpha value is -4.23. The Morgan fingerprint density at radius 1 is 0.820 bits per heavy atom. The van der Waals surface area contributed by atoms with Crippen LogP contribution in [0, 0.1) is 5.41 Å². The van der Waals surface area contributed by atoms with E-state index in [1.807, 2.05) is 36.4 Å². The van der Waals surface area contributed by atoms with E-state index in [9.17, 15) is 41.0 Å². The van der Waals surface area contributed by atoms with Gasteiger partial charge in [0.05, 0.1) is 12.2 Å². The molecule has 2 fully saturated rings. The number of fused-ring (bicyclic) bond motifs is 2. The van der Waals surface area contributed by atoms with Gasteiger partial charge in [0.25, 0.3) is 0 Å². The molecule has 0 unspecified atom stereocenters. The number of rotatable bonds is 9. The summed E-state index contributed by atoms with van der Waals surface area (Å²) in [7, 11) is 0. The predicted octanol–water partition coefficient (Wildman–Crippen LogP) is 7.36. The quantitative estimate of drug-likeness (QED) is 0.178. The zero-order valence-corrected chi connectivity index (χ0v) is 27.3. The number of carboxylic acid groups (broad SMARTS) is 1. The Balaban J connectivity index is 1.30. The van der Waals surface area contributed by atoms with Crippen molar-refractivity contribution in [2.75, 3.05) is 32.7 Å². The molecule has 0 radical (unpaired) electrons. The zero-order chi connectivity index (χ0) is 35.7. The van der Waals surface area contributed by atoms with Crippen LogP contribution >= 0.6 is 0 Å². The van der Waals surface area contributed by atoms with Gasteiger partial charge in [0.2, 0.25) is 5.91 Å². The molecule has 7 nitrogen and oxygen atoms in total. The van der Waals surface area contributed by atoms with Crippen LogP contribution in [-0.4, -0.2) is 82.9 Å². The number of benzene rings is 3. The molecule has 1 aromatic heterocycles. The van der Waals surface area contributed by atoms with E-state index in [4.69, 9.17) is 4.98 Å². The van der Waals surface area contributed by atoms with E-state index >= 15 is 0 Å². The molecule has 3 aromatic carbocycles. The van der Waals surface area contributed by atoms with Gasteiger partial charge in [-0.05, 0) is 85.2 Å². The van der Waals surface area contributed by atoms with Gasteiger partial charge in [-0.15, -0.1) is 0 Å². The molecular formula is C37H38F6N4O3. The molecule has 266 valence electrons. The van der Waals surface area contributed by atoms with E-state index in [0.29, 0.717) is 10.9 Å². The molecular weight excluding hydrogens is 662 g/mol. The Bertz CT molecular complexity index is 1860. The standard InChI is InChI=1S/C37H38F6N4O3/c38-36(39,40)23-47-19-14-35(15-20-47,37(41,42)43)34(50)45-30(33(48)49)21-25-8-5-11-28-27(25)10-6-12-29(28)32-31-24(13-16-44-32)7-4-9-26(31)22-46-17-2-1-3-18-46/h4-13,16,30H,1-3,14-15,17-23H2,(H,45,50)(H,48,49)/t30-/m0/s1. The van der Waals surface area contributed by atoms with Crippen LogP contribution in [0.5, 0.6) is 0 Å². The maximum Gasteiger partial charge on any atom is 0.403 e. The number of nitrogens with one attached hydrogen (secondary N) is 1. The highest BCUT2D eigenvalue weighted by Crippen LogP contribution is 2.47. The molecule has 6 rings (SSSR count). The second-order valence-corrected chi connectivity index (χ2v) is 13.4. The maximum atomic E-state index is 14.4. The summed E-state index contributed by atoms with van der Waals surface area (Å²) < 4.78 is 81.9. The number of piperidine rings is 2. The van der Waals surface area contributed by atoms with Crippen molar-refractivity contribution in [3.05, 3.63) is 78.0 Å². The third-order valence-electron chi connectivity index (χ3n) is 10.1. The topological polar surface area (TPSA) is 85.8 Å². The third kappa shape index (κ3) is 7.44. The van der Waals surface area contributed by atoms with E-state index in [1.165, 1.54) is 6.42 Å². The molecule has 1 amide bonds. The fourth-order valence-electron chi connectivity index (χ4n) is 7.46. The fraction of sp³-hybridized carbons (Fsp3) is 0.432. The van der Waals surface area contributed by atoms with Gasteiger partial charge in [-0.3, -0.25) is 19.6 Å². The second-order valence-electron chi connectivity index (χ2n) is 13.4. The first-order chi connectivity index (χ1) is 23.8. The highest BCUT2D eigenvalue weighted by Gasteiger charge is 2.61. The minimum Gasteiger partial charge on any atom is -0.480 e. The Morgan fingerprint density at radius 2 is 1.48 bits per heavy atom. The molecule has 0 spiro atoms. The van der Waals surface area contributed by atoms with Gasteiger partial charge < -0.3 is 10.4 Å². The van der Waals surface area contributed by atoms with Crippen molar-refractivity contribution in [1.29, 1.82) is 0 Å². The lowest BCUT2D eigenvalue weighted by molar-refractivity contribution is -0.236. The van der Waals surface area contributed by atoms with Crippen LogP contribution < -0.4 is 5.32 Å². The third-order valence-corrected chi connectivity index (χ3v) is 10.1. The lowest BCUT2D eigenvalue weighted by Crippen LogP contribution is -2.59. The summed E-state index contributed by atoms with van der Waals surface area (Å²) in [6, 6.07) is 17.2. The number of hydrogen-bond acceptors (Lipinski definition) is 5. The SMILES string of the molecule is O=C(O)[C@H](Cc1cccc2c(-c3nccc4cccc(CN5CCCCC5)c34)cccc12)NC(=O)C1(C(F)(F)F)CCN(CC(F)(F)F)CC1. The summed E-state index contributed by atoms with van der Waals surface area (Å²) in [5.74, 6) is -3.08. The number of carbonyl (C=O) groups excluding carboxylic acids is 1. The summed E-state index contributed by atoms with van der Waals surface area (Å²) in [6.45, 7) is 0.191. The van der Waals surface area contributed by atoms with Crippen molar-refractivity contribution < 1.29 is 41.0 Å². The summed E-state index contributed by atoms with van der Waals surface area (Å²) in [5, 5.41) is 15.6. The van der Waals surface area contributed by atoms with E-state index in [0.717, 1.165) is 70.4 Å². The van der Waals surface area contributed by atoms with E-state index in [-0.39, 0.29) is 6.42 Å². The van der Waals surface area contributed by atoms with Crippen molar-refractivity contribution in [3.63, 3.8) is 0 Å².